The van der Waals surface area contributed by atoms with Gasteiger partial charge in [0.15, 0.2) is 0 Å². The summed E-state index contributed by atoms with van der Waals surface area (Å²) in [7, 11) is 1.29. The number of benzene rings is 3. The third-order valence-electron chi connectivity index (χ3n) is 9.67. The molecular formula is C42H49N7O4. The molecule has 11 heteroatoms. The normalized spacial score (nSPS) is 16.1. The molecule has 2 unspecified atom stereocenters. The van der Waals surface area contributed by atoms with E-state index in [1.165, 1.54) is 12.7 Å². The summed E-state index contributed by atoms with van der Waals surface area (Å²) in [5.41, 5.74) is 8.36. The van der Waals surface area contributed by atoms with Crippen molar-refractivity contribution in [2.75, 3.05) is 26.7 Å². The van der Waals surface area contributed by atoms with Gasteiger partial charge in [-0.25, -0.2) is 14.8 Å². The third-order valence-corrected chi connectivity index (χ3v) is 9.67. The van der Waals surface area contributed by atoms with E-state index in [0.29, 0.717) is 24.7 Å². The lowest BCUT2D eigenvalue weighted by molar-refractivity contribution is -0.135. The largest absolute Gasteiger partial charge is 0.453 e. The van der Waals surface area contributed by atoms with Crippen LogP contribution in [0.5, 0.6) is 0 Å². The molecule has 2 atom stereocenters. The fraction of sp³-hybridized carbons (Fsp3) is 0.357. The summed E-state index contributed by atoms with van der Waals surface area (Å²) in [4.78, 5) is 56.3. The SMILES string of the molecule is CC1=CCN(C(=O)CC(C)C)C1.COC(=O)NC(C(=O)N1CC(C)=CC1c1nc2ccc(-c3ccc4cc(-c5cnc[nH]5)ccc4c3)cc2[nH]1)C(C)C. The number of carbonyl (C=O) groups is 3. The molecule has 7 rings (SSSR count). The van der Waals surface area contributed by atoms with Crippen LogP contribution in [0.3, 0.4) is 0 Å². The van der Waals surface area contributed by atoms with Gasteiger partial charge in [-0.05, 0) is 71.8 Å². The van der Waals surface area contributed by atoms with Crippen LogP contribution in [-0.2, 0) is 14.3 Å². The van der Waals surface area contributed by atoms with E-state index >= 15 is 0 Å². The summed E-state index contributed by atoms with van der Waals surface area (Å²) in [6, 6.07) is 17.9. The van der Waals surface area contributed by atoms with E-state index in [4.69, 9.17) is 9.72 Å². The van der Waals surface area contributed by atoms with Crippen molar-refractivity contribution in [3.05, 3.63) is 96.2 Å². The average Bonchev–Trinajstić information content (AvgIpc) is 3.96. The molecule has 2 aromatic heterocycles. The first-order valence-electron chi connectivity index (χ1n) is 18.2. The Hall–Kier alpha value is -5.71. The second kappa shape index (κ2) is 15.9. The lowest BCUT2D eigenvalue weighted by Gasteiger charge is -2.30. The monoisotopic (exact) mass is 715 g/mol. The molecule has 3 aromatic carbocycles. The van der Waals surface area contributed by atoms with Crippen molar-refractivity contribution in [2.24, 2.45) is 11.8 Å². The molecule has 2 aliphatic rings. The number of alkyl carbamates (subject to hydrolysis) is 1. The van der Waals surface area contributed by atoms with E-state index in [9.17, 15) is 14.4 Å². The highest BCUT2D eigenvalue weighted by molar-refractivity contribution is 5.92. The van der Waals surface area contributed by atoms with Crippen LogP contribution in [0.15, 0.2) is 90.4 Å². The number of hydrogen-bond donors (Lipinski definition) is 3. The van der Waals surface area contributed by atoms with Gasteiger partial charge in [0, 0.05) is 31.6 Å². The number of hydrogen-bond acceptors (Lipinski definition) is 6. The van der Waals surface area contributed by atoms with Crippen LogP contribution in [0.4, 0.5) is 4.79 Å². The van der Waals surface area contributed by atoms with Gasteiger partial charge in [-0.1, -0.05) is 81.3 Å². The number of ether oxygens (including phenoxy) is 1. The lowest BCUT2D eigenvalue weighted by Crippen LogP contribution is -2.51. The van der Waals surface area contributed by atoms with Crippen LogP contribution in [0, 0.1) is 11.8 Å². The lowest BCUT2D eigenvalue weighted by atomic mass is 9.99. The van der Waals surface area contributed by atoms with Crippen LogP contribution >= 0.6 is 0 Å². The van der Waals surface area contributed by atoms with E-state index in [0.717, 1.165) is 62.9 Å². The molecule has 276 valence electrons. The molecule has 11 nitrogen and oxygen atoms in total. The number of nitrogens with one attached hydrogen (secondary N) is 3. The minimum Gasteiger partial charge on any atom is -0.453 e. The molecule has 2 aliphatic heterocycles. The maximum atomic E-state index is 13.6. The Labute approximate surface area is 310 Å². The van der Waals surface area contributed by atoms with Crippen LogP contribution in [0.2, 0.25) is 0 Å². The fourth-order valence-electron chi connectivity index (χ4n) is 6.82. The summed E-state index contributed by atoms with van der Waals surface area (Å²) < 4.78 is 4.75. The molecule has 0 saturated heterocycles. The Kier molecular flexibility index (Phi) is 11.1. The minimum absolute atomic E-state index is 0.111. The topological polar surface area (TPSA) is 136 Å². The molecule has 3 amide bonds. The average molecular weight is 716 g/mol. The molecule has 53 heavy (non-hydrogen) atoms. The fourth-order valence-corrected chi connectivity index (χ4v) is 6.82. The van der Waals surface area contributed by atoms with Gasteiger partial charge >= 0.3 is 6.09 Å². The highest BCUT2D eigenvalue weighted by Gasteiger charge is 2.37. The van der Waals surface area contributed by atoms with E-state index in [1.807, 2.05) is 44.0 Å². The first kappa shape index (κ1) is 37.1. The zero-order chi connectivity index (χ0) is 37.8. The molecule has 0 saturated carbocycles. The van der Waals surface area contributed by atoms with Crippen LogP contribution in [0.1, 0.15) is 59.8 Å². The van der Waals surface area contributed by atoms with Crippen molar-refractivity contribution in [1.82, 2.24) is 35.1 Å². The van der Waals surface area contributed by atoms with Gasteiger partial charge in [-0.3, -0.25) is 9.59 Å². The highest BCUT2D eigenvalue weighted by atomic mass is 16.5. The zero-order valence-corrected chi connectivity index (χ0v) is 31.6. The number of aromatic nitrogens is 4. The standard InChI is InChI=1S/C32H32N6O3.C10H17NO/c1-18(2)29(37-32(40)41-4)31(39)38-16-19(3)11-28(38)30-35-25-10-9-23(14-26(25)36-30)21-5-6-22-13-24(8-7-20(22)12-21)27-15-33-17-34-27;1-8(2)6-10(12)11-5-4-9(3)7-11/h5-15,17-18,28-29H,16H2,1-4H3,(H,33,34)(H,35,36)(H,37,40);4,8H,5-7H2,1-3H3. The number of amides is 3. The second-order valence-electron chi connectivity index (χ2n) is 14.8. The zero-order valence-electron chi connectivity index (χ0n) is 31.6. The van der Waals surface area contributed by atoms with Crippen molar-refractivity contribution in [2.45, 2.75) is 60.0 Å². The van der Waals surface area contributed by atoms with Crippen molar-refractivity contribution < 1.29 is 19.1 Å². The summed E-state index contributed by atoms with van der Waals surface area (Å²) in [6.07, 6.45) is 7.74. The maximum absolute atomic E-state index is 13.6. The van der Waals surface area contributed by atoms with Crippen molar-refractivity contribution in [3.63, 3.8) is 0 Å². The number of H-pyrrole nitrogens is 2. The number of methoxy groups -OCH3 is 1. The number of aromatic amines is 2. The van der Waals surface area contributed by atoms with E-state index < -0.39 is 12.1 Å². The first-order valence-corrected chi connectivity index (χ1v) is 18.2. The van der Waals surface area contributed by atoms with Gasteiger partial charge in [0.2, 0.25) is 11.8 Å². The van der Waals surface area contributed by atoms with Gasteiger partial charge < -0.3 is 29.8 Å². The van der Waals surface area contributed by atoms with E-state index in [2.05, 4.69) is 95.6 Å². The first-order chi connectivity index (χ1) is 25.4. The number of nitrogens with zero attached hydrogens (tertiary/aromatic N) is 4. The minimum atomic E-state index is -0.705. The van der Waals surface area contributed by atoms with Gasteiger partial charge in [-0.15, -0.1) is 0 Å². The predicted molar refractivity (Wildman–Crippen MR) is 209 cm³/mol. The van der Waals surface area contributed by atoms with E-state index in [1.54, 1.807) is 11.2 Å². The van der Waals surface area contributed by atoms with Gasteiger partial charge in [0.1, 0.15) is 17.9 Å². The predicted octanol–water partition coefficient (Wildman–Crippen LogP) is 7.80. The van der Waals surface area contributed by atoms with Crippen LogP contribution < -0.4 is 5.32 Å². The Bertz CT molecular complexity index is 2180. The van der Waals surface area contributed by atoms with Crippen molar-refractivity contribution >= 4 is 39.7 Å². The van der Waals surface area contributed by atoms with Gasteiger partial charge in [-0.2, -0.15) is 0 Å². The molecule has 3 N–H and O–H groups in total. The molecule has 0 spiro atoms. The number of imidazole rings is 2. The van der Waals surface area contributed by atoms with Crippen molar-refractivity contribution in [1.29, 1.82) is 0 Å². The van der Waals surface area contributed by atoms with E-state index in [-0.39, 0.29) is 23.8 Å². The van der Waals surface area contributed by atoms with Crippen LogP contribution in [0.25, 0.3) is 44.2 Å². The van der Waals surface area contributed by atoms with Gasteiger partial charge in [0.05, 0.1) is 36.4 Å². The van der Waals surface area contributed by atoms with Crippen molar-refractivity contribution in [3.8, 4) is 22.4 Å². The molecule has 5 aromatic rings. The number of rotatable bonds is 8. The Balaban J connectivity index is 0.000000342. The van der Waals surface area contributed by atoms with Crippen LogP contribution in [-0.4, -0.2) is 80.4 Å². The maximum Gasteiger partial charge on any atom is 0.407 e. The van der Waals surface area contributed by atoms with Gasteiger partial charge in [0.25, 0.3) is 0 Å². The highest BCUT2D eigenvalue weighted by Crippen LogP contribution is 2.33. The summed E-state index contributed by atoms with van der Waals surface area (Å²) >= 11 is 0. The number of fused-ring (bicyclic) bond motifs is 2. The Morgan fingerprint density at radius 1 is 0.925 bits per heavy atom. The summed E-state index contributed by atoms with van der Waals surface area (Å²) in [5.74, 6) is 1.17. The Morgan fingerprint density at radius 2 is 1.62 bits per heavy atom. The molecular weight excluding hydrogens is 667 g/mol. The molecule has 0 aliphatic carbocycles. The third kappa shape index (κ3) is 8.51. The molecule has 0 fully saturated rings. The quantitative estimate of drug-likeness (QED) is 0.140. The second-order valence-corrected chi connectivity index (χ2v) is 14.8. The molecule has 4 heterocycles. The molecule has 0 radical (unpaired) electrons. The Morgan fingerprint density at radius 3 is 2.26 bits per heavy atom. The smallest absolute Gasteiger partial charge is 0.407 e. The number of carbonyl (C=O) groups excluding carboxylic acids is 3. The molecule has 0 bridgehead atoms. The summed E-state index contributed by atoms with van der Waals surface area (Å²) in [6.45, 7) is 14.2. The summed E-state index contributed by atoms with van der Waals surface area (Å²) in [5, 5.41) is 5.00.